The SMILES string of the molecule is COc1ccc(CNC(=O)COc2ccc(C=O)cc2OC)cc1. The zero-order chi connectivity index (χ0) is 17.4. The van der Waals surface area contributed by atoms with Gasteiger partial charge in [-0.2, -0.15) is 0 Å². The molecule has 1 N–H and O–H groups in total. The lowest BCUT2D eigenvalue weighted by molar-refractivity contribution is -0.123. The molecule has 0 bridgehead atoms. The highest BCUT2D eigenvalue weighted by atomic mass is 16.5. The van der Waals surface area contributed by atoms with E-state index >= 15 is 0 Å². The number of carbonyl (C=O) groups is 2. The van der Waals surface area contributed by atoms with E-state index in [9.17, 15) is 9.59 Å². The third kappa shape index (κ3) is 4.74. The van der Waals surface area contributed by atoms with Crippen molar-refractivity contribution in [3.8, 4) is 17.2 Å². The molecular weight excluding hydrogens is 310 g/mol. The van der Waals surface area contributed by atoms with Crippen molar-refractivity contribution in [3.63, 3.8) is 0 Å². The molecule has 2 rings (SSSR count). The van der Waals surface area contributed by atoms with Crippen molar-refractivity contribution in [2.24, 2.45) is 0 Å². The number of benzene rings is 2. The molecule has 24 heavy (non-hydrogen) atoms. The highest BCUT2D eigenvalue weighted by Crippen LogP contribution is 2.27. The van der Waals surface area contributed by atoms with Gasteiger partial charge < -0.3 is 19.5 Å². The fraction of sp³-hybridized carbons (Fsp3) is 0.222. The topological polar surface area (TPSA) is 73.9 Å². The summed E-state index contributed by atoms with van der Waals surface area (Å²) in [4.78, 5) is 22.6. The lowest BCUT2D eigenvalue weighted by Gasteiger charge is -2.11. The fourth-order valence-electron chi connectivity index (χ4n) is 2.02. The first-order chi connectivity index (χ1) is 11.7. The van der Waals surface area contributed by atoms with E-state index < -0.39 is 0 Å². The molecule has 6 heteroatoms. The van der Waals surface area contributed by atoms with E-state index in [-0.39, 0.29) is 12.5 Å². The maximum Gasteiger partial charge on any atom is 0.258 e. The Labute approximate surface area is 140 Å². The van der Waals surface area contributed by atoms with Gasteiger partial charge in [0.2, 0.25) is 0 Å². The number of amides is 1. The van der Waals surface area contributed by atoms with Crippen LogP contribution in [0.2, 0.25) is 0 Å². The summed E-state index contributed by atoms with van der Waals surface area (Å²) in [5.74, 6) is 1.32. The monoisotopic (exact) mass is 329 g/mol. The Hall–Kier alpha value is -3.02. The quantitative estimate of drug-likeness (QED) is 0.752. The molecule has 0 aliphatic rings. The average Bonchev–Trinajstić information content (AvgIpc) is 2.64. The molecule has 0 spiro atoms. The van der Waals surface area contributed by atoms with Gasteiger partial charge in [0, 0.05) is 12.1 Å². The summed E-state index contributed by atoms with van der Waals surface area (Å²) in [7, 11) is 3.07. The normalized spacial score (nSPS) is 9.92. The summed E-state index contributed by atoms with van der Waals surface area (Å²) in [6, 6.07) is 12.2. The van der Waals surface area contributed by atoms with Gasteiger partial charge in [-0.3, -0.25) is 9.59 Å². The van der Waals surface area contributed by atoms with Gasteiger partial charge in [0.05, 0.1) is 14.2 Å². The number of carbonyl (C=O) groups excluding carboxylic acids is 2. The zero-order valence-corrected chi connectivity index (χ0v) is 13.6. The molecule has 0 heterocycles. The second-order valence-corrected chi connectivity index (χ2v) is 4.94. The van der Waals surface area contributed by atoms with Crippen LogP contribution in [-0.2, 0) is 11.3 Å². The van der Waals surface area contributed by atoms with E-state index in [0.29, 0.717) is 29.9 Å². The largest absolute Gasteiger partial charge is 0.497 e. The van der Waals surface area contributed by atoms with Crippen molar-refractivity contribution in [1.29, 1.82) is 0 Å². The molecule has 0 aliphatic carbocycles. The summed E-state index contributed by atoms with van der Waals surface area (Å²) in [5.41, 5.74) is 1.43. The van der Waals surface area contributed by atoms with Crippen molar-refractivity contribution < 1.29 is 23.8 Å². The Morgan fingerprint density at radius 1 is 1.04 bits per heavy atom. The van der Waals surface area contributed by atoms with Crippen molar-refractivity contribution in [2.75, 3.05) is 20.8 Å². The summed E-state index contributed by atoms with van der Waals surface area (Å²) >= 11 is 0. The molecule has 2 aromatic rings. The Balaban J connectivity index is 1.85. The zero-order valence-electron chi connectivity index (χ0n) is 13.6. The summed E-state index contributed by atoms with van der Waals surface area (Å²) < 4.78 is 15.7. The van der Waals surface area contributed by atoms with Gasteiger partial charge in [0.25, 0.3) is 5.91 Å². The van der Waals surface area contributed by atoms with E-state index in [0.717, 1.165) is 11.3 Å². The molecule has 2 aromatic carbocycles. The van der Waals surface area contributed by atoms with Gasteiger partial charge in [-0.05, 0) is 35.9 Å². The van der Waals surface area contributed by atoms with E-state index in [2.05, 4.69) is 5.32 Å². The van der Waals surface area contributed by atoms with Crippen molar-refractivity contribution in [3.05, 3.63) is 53.6 Å². The molecule has 0 atom stereocenters. The minimum absolute atomic E-state index is 0.146. The highest BCUT2D eigenvalue weighted by Gasteiger charge is 2.08. The smallest absolute Gasteiger partial charge is 0.258 e. The molecule has 1 amide bonds. The van der Waals surface area contributed by atoms with Gasteiger partial charge in [0.15, 0.2) is 18.1 Å². The van der Waals surface area contributed by atoms with Crippen molar-refractivity contribution >= 4 is 12.2 Å². The predicted molar refractivity (Wildman–Crippen MR) is 88.7 cm³/mol. The van der Waals surface area contributed by atoms with Gasteiger partial charge in [0.1, 0.15) is 12.0 Å². The molecule has 0 aliphatic heterocycles. The van der Waals surface area contributed by atoms with Gasteiger partial charge in [-0.1, -0.05) is 12.1 Å². The van der Waals surface area contributed by atoms with Crippen LogP contribution < -0.4 is 19.5 Å². The third-order valence-electron chi connectivity index (χ3n) is 3.33. The molecule has 0 saturated heterocycles. The first-order valence-electron chi connectivity index (χ1n) is 7.32. The van der Waals surface area contributed by atoms with Crippen LogP contribution in [0.1, 0.15) is 15.9 Å². The second-order valence-electron chi connectivity index (χ2n) is 4.94. The number of hydrogen-bond acceptors (Lipinski definition) is 5. The Kier molecular flexibility index (Phi) is 6.19. The van der Waals surface area contributed by atoms with E-state index in [1.54, 1.807) is 25.3 Å². The molecule has 0 unspecified atom stereocenters. The Bertz CT molecular complexity index is 697. The lowest BCUT2D eigenvalue weighted by atomic mass is 10.2. The summed E-state index contributed by atoms with van der Waals surface area (Å²) in [6.07, 6.45) is 0.716. The van der Waals surface area contributed by atoms with Crippen LogP contribution in [0.25, 0.3) is 0 Å². The molecule has 0 radical (unpaired) electrons. The number of hydrogen-bond donors (Lipinski definition) is 1. The van der Waals surface area contributed by atoms with Crippen LogP contribution in [0.4, 0.5) is 0 Å². The van der Waals surface area contributed by atoms with Crippen molar-refractivity contribution in [2.45, 2.75) is 6.54 Å². The Morgan fingerprint density at radius 2 is 1.79 bits per heavy atom. The molecule has 0 saturated carbocycles. The van der Waals surface area contributed by atoms with Crippen LogP contribution in [0.15, 0.2) is 42.5 Å². The van der Waals surface area contributed by atoms with Crippen molar-refractivity contribution in [1.82, 2.24) is 5.32 Å². The van der Waals surface area contributed by atoms with Crippen LogP contribution in [0.5, 0.6) is 17.2 Å². The number of nitrogens with one attached hydrogen (secondary N) is 1. The van der Waals surface area contributed by atoms with Gasteiger partial charge >= 0.3 is 0 Å². The minimum Gasteiger partial charge on any atom is -0.497 e. The van der Waals surface area contributed by atoms with Crippen LogP contribution >= 0.6 is 0 Å². The number of rotatable bonds is 8. The molecule has 0 aromatic heterocycles. The van der Waals surface area contributed by atoms with Gasteiger partial charge in [-0.15, -0.1) is 0 Å². The predicted octanol–water partition coefficient (Wildman–Crippen LogP) is 2.21. The number of ether oxygens (including phenoxy) is 3. The van der Waals surface area contributed by atoms with Crippen LogP contribution in [0, 0.1) is 0 Å². The first-order valence-corrected chi connectivity index (χ1v) is 7.32. The summed E-state index contributed by atoms with van der Waals surface area (Å²) in [6.45, 7) is 0.250. The minimum atomic E-state index is -0.257. The molecule has 126 valence electrons. The maximum absolute atomic E-state index is 11.9. The standard InChI is InChI=1S/C18H19NO5/c1-22-15-6-3-13(4-7-15)10-19-18(21)12-24-16-8-5-14(11-20)9-17(16)23-2/h3-9,11H,10,12H2,1-2H3,(H,19,21). The average molecular weight is 329 g/mol. The molecule has 6 nitrogen and oxygen atoms in total. The fourth-order valence-corrected chi connectivity index (χ4v) is 2.02. The lowest BCUT2D eigenvalue weighted by Crippen LogP contribution is -2.28. The van der Waals surface area contributed by atoms with Gasteiger partial charge in [-0.25, -0.2) is 0 Å². The highest BCUT2D eigenvalue weighted by molar-refractivity contribution is 5.78. The number of aldehydes is 1. The first kappa shape index (κ1) is 17.3. The molecule has 0 fully saturated rings. The summed E-state index contributed by atoms with van der Waals surface area (Å²) in [5, 5.41) is 2.76. The number of methoxy groups -OCH3 is 2. The second kappa shape index (κ2) is 8.57. The third-order valence-corrected chi connectivity index (χ3v) is 3.33. The maximum atomic E-state index is 11.9. The van der Waals surface area contributed by atoms with Crippen LogP contribution in [-0.4, -0.2) is 33.0 Å². The Morgan fingerprint density at radius 3 is 2.42 bits per heavy atom. The van der Waals surface area contributed by atoms with E-state index in [1.807, 2.05) is 24.3 Å². The van der Waals surface area contributed by atoms with Crippen LogP contribution in [0.3, 0.4) is 0 Å². The van der Waals surface area contributed by atoms with E-state index in [1.165, 1.54) is 7.11 Å². The molecular formula is C18H19NO5. The van der Waals surface area contributed by atoms with E-state index in [4.69, 9.17) is 14.2 Å².